The van der Waals surface area contributed by atoms with Gasteiger partial charge in [0, 0.05) is 29.4 Å². The lowest BCUT2D eigenvalue weighted by Gasteiger charge is -2.39. The summed E-state index contributed by atoms with van der Waals surface area (Å²) in [6, 6.07) is 2.53. The second kappa shape index (κ2) is 11.5. The molecular weight excluding hydrogens is 533 g/mol. The molecule has 0 spiro atoms. The Kier molecular flexibility index (Phi) is 8.33. The van der Waals surface area contributed by atoms with E-state index in [0.717, 1.165) is 16.9 Å². The molecule has 1 aromatic carbocycles. The van der Waals surface area contributed by atoms with Crippen LogP contribution in [0, 0.1) is 5.82 Å². The van der Waals surface area contributed by atoms with Gasteiger partial charge in [0.25, 0.3) is 5.92 Å². The third kappa shape index (κ3) is 6.14. The minimum absolute atomic E-state index is 0.00231. The number of carbonyl (C=O) groups is 2. The van der Waals surface area contributed by atoms with Gasteiger partial charge in [-0.15, -0.1) is 4.80 Å². The molecule has 0 saturated carbocycles. The van der Waals surface area contributed by atoms with Gasteiger partial charge in [0.05, 0.1) is 31.1 Å². The molecule has 15 heteroatoms. The lowest BCUT2D eigenvalue weighted by molar-refractivity contribution is -0.180. The fraction of sp³-hybridized carbons (Fsp3) is 0.435. The van der Waals surface area contributed by atoms with Crippen LogP contribution in [-0.4, -0.2) is 87.8 Å². The van der Waals surface area contributed by atoms with E-state index in [0.29, 0.717) is 0 Å². The molecule has 2 aromatic rings. The van der Waals surface area contributed by atoms with Crippen LogP contribution < -0.4 is 5.32 Å². The summed E-state index contributed by atoms with van der Waals surface area (Å²) in [6.07, 6.45) is 1.09. The minimum atomic E-state index is -3.35. The van der Waals surface area contributed by atoms with Crippen molar-refractivity contribution in [1.82, 2.24) is 25.2 Å². The number of ether oxygens (including phenoxy) is 2. The van der Waals surface area contributed by atoms with Crippen LogP contribution in [0.3, 0.4) is 0 Å². The normalized spacial score (nSPS) is 21.6. The molecule has 38 heavy (non-hydrogen) atoms. The SMILES string of the molecule is CCOC(=O)C1=C(CN2CCC(OCC(=O)O)C(F)(F)C2)NC(n2nccn2)=NC1c1ccc(F)cc1Cl. The van der Waals surface area contributed by atoms with Crippen LogP contribution >= 0.6 is 11.6 Å². The molecule has 2 N–H and O–H groups in total. The van der Waals surface area contributed by atoms with Crippen LogP contribution in [0.2, 0.25) is 5.02 Å². The highest BCUT2D eigenvalue weighted by Gasteiger charge is 2.46. The van der Waals surface area contributed by atoms with Crippen LogP contribution in [0.1, 0.15) is 24.9 Å². The van der Waals surface area contributed by atoms with Crippen molar-refractivity contribution in [2.45, 2.75) is 31.4 Å². The second-order valence-corrected chi connectivity index (χ2v) is 8.94. The summed E-state index contributed by atoms with van der Waals surface area (Å²) < 4.78 is 53.6. The second-order valence-electron chi connectivity index (χ2n) is 8.53. The fourth-order valence-electron chi connectivity index (χ4n) is 4.26. The fourth-order valence-corrected chi connectivity index (χ4v) is 4.53. The molecule has 0 bridgehead atoms. The Morgan fingerprint density at radius 2 is 2.03 bits per heavy atom. The van der Waals surface area contributed by atoms with Crippen molar-refractivity contribution >= 4 is 29.5 Å². The lowest BCUT2D eigenvalue weighted by atomic mass is 9.95. The third-order valence-electron chi connectivity index (χ3n) is 5.88. The number of piperidine rings is 1. The van der Waals surface area contributed by atoms with E-state index in [2.05, 4.69) is 20.5 Å². The minimum Gasteiger partial charge on any atom is -0.480 e. The highest BCUT2D eigenvalue weighted by atomic mass is 35.5. The number of nitrogens with zero attached hydrogens (tertiary/aromatic N) is 5. The molecule has 11 nitrogen and oxygen atoms in total. The molecule has 0 amide bonds. The first-order chi connectivity index (χ1) is 18.1. The zero-order valence-electron chi connectivity index (χ0n) is 20.1. The maximum atomic E-state index is 14.8. The number of carboxylic acids is 1. The molecular formula is C23H24ClF3N6O5. The average molecular weight is 557 g/mol. The summed E-state index contributed by atoms with van der Waals surface area (Å²) in [5.74, 6) is -5.98. The first kappa shape index (κ1) is 27.5. The molecule has 2 unspecified atom stereocenters. The summed E-state index contributed by atoms with van der Waals surface area (Å²) in [4.78, 5) is 31.0. The van der Waals surface area contributed by atoms with Gasteiger partial charge in [-0.25, -0.2) is 27.8 Å². The quantitative estimate of drug-likeness (QED) is 0.470. The number of aliphatic imine (C=N–C) groups is 1. The van der Waals surface area contributed by atoms with Gasteiger partial charge < -0.3 is 19.9 Å². The zero-order chi connectivity index (χ0) is 27.4. The Bertz CT molecular complexity index is 1260. The zero-order valence-corrected chi connectivity index (χ0v) is 20.9. The van der Waals surface area contributed by atoms with Gasteiger partial charge in [-0.05, 0) is 25.5 Å². The number of esters is 1. The third-order valence-corrected chi connectivity index (χ3v) is 6.20. The number of hydrogen-bond acceptors (Lipinski definition) is 9. The van der Waals surface area contributed by atoms with Crippen molar-refractivity contribution in [2.75, 3.05) is 32.8 Å². The summed E-state index contributed by atoms with van der Waals surface area (Å²) >= 11 is 6.32. The average Bonchev–Trinajstić information content (AvgIpc) is 3.38. The van der Waals surface area contributed by atoms with E-state index in [-0.39, 0.29) is 53.9 Å². The number of alkyl halides is 2. The number of benzene rings is 1. The van der Waals surface area contributed by atoms with Gasteiger partial charge in [-0.3, -0.25) is 4.90 Å². The molecule has 1 fully saturated rings. The number of carbonyl (C=O) groups excluding carboxylic acids is 1. The van der Waals surface area contributed by atoms with Crippen LogP contribution in [0.4, 0.5) is 13.2 Å². The number of aromatic nitrogens is 3. The molecule has 0 radical (unpaired) electrons. The molecule has 1 saturated heterocycles. The Morgan fingerprint density at radius 1 is 1.29 bits per heavy atom. The number of rotatable bonds is 8. The van der Waals surface area contributed by atoms with E-state index < -0.39 is 49.0 Å². The highest BCUT2D eigenvalue weighted by Crippen LogP contribution is 2.37. The Balaban J connectivity index is 1.71. The maximum absolute atomic E-state index is 14.8. The van der Waals surface area contributed by atoms with Gasteiger partial charge in [0.1, 0.15) is 24.6 Å². The summed E-state index contributed by atoms with van der Waals surface area (Å²) in [6.45, 7) is 0.00462. The van der Waals surface area contributed by atoms with E-state index in [9.17, 15) is 22.8 Å². The molecule has 2 aliphatic rings. The lowest BCUT2D eigenvalue weighted by Crippen LogP contribution is -2.54. The van der Waals surface area contributed by atoms with Gasteiger partial charge >= 0.3 is 11.9 Å². The molecule has 2 aliphatic heterocycles. The number of aliphatic carboxylic acids is 1. The predicted molar refractivity (Wildman–Crippen MR) is 127 cm³/mol. The van der Waals surface area contributed by atoms with Crippen molar-refractivity contribution in [3.63, 3.8) is 0 Å². The summed E-state index contributed by atoms with van der Waals surface area (Å²) in [5, 5.41) is 19.8. The van der Waals surface area contributed by atoms with Crippen molar-refractivity contribution in [1.29, 1.82) is 0 Å². The first-order valence-electron chi connectivity index (χ1n) is 11.6. The van der Waals surface area contributed by atoms with Crippen molar-refractivity contribution in [3.05, 3.63) is 58.3 Å². The van der Waals surface area contributed by atoms with Crippen molar-refractivity contribution in [3.8, 4) is 0 Å². The van der Waals surface area contributed by atoms with Crippen LogP contribution in [0.25, 0.3) is 0 Å². The first-order valence-corrected chi connectivity index (χ1v) is 12.0. The molecule has 4 rings (SSSR count). The van der Waals surface area contributed by atoms with E-state index in [1.54, 1.807) is 6.92 Å². The van der Waals surface area contributed by atoms with Crippen molar-refractivity contribution in [2.24, 2.45) is 4.99 Å². The van der Waals surface area contributed by atoms with Crippen LogP contribution in [0.5, 0.6) is 0 Å². The standard InChI is InChI=1S/C23H24ClF3N6O5/c1-2-37-21(36)19-16(10-32-8-5-17(23(26,27)12-32)38-11-18(34)35)30-22(33-28-6-7-29-33)31-20(19)14-4-3-13(25)9-15(14)24/h3-4,6-7,9,17,20H,2,5,8,10-12H2,1H3,(H,30,31)(H,34,35). The topological polar surface area (TPSA) is 131 Å². The van der Waals surface area contributed by atoms with E-state index in [1.165, 1.54) is 23.4 Å². The van der Waals surface area contributed by atoms with Crippen molar-refractivity contribution < 1.29 is 37.3 Å². The Hall–Kier alpha value is -3.49. The smallest absolute Gasteiger partial charge is 0.338 e. The van der Waals surface area contributed by atoms with Crippen LogP contribution in [0.15, 0.2) is 46.9 Å². The summed E-state index contributed by atoms with van der Waals surface area (Å²) in [7, 11) is 0. The monoisotopic (exact) mass is 556 g/mol. The number of carboxylic acid groups (broad SMARTS) is 1. The largest absolute Gasteiger partial charge is 0.480 e. The van der Waals surface area contributed by atoms with Gasteiger partial charge in [-0.2, -0.15) is 10.2 Å². The molecule has 3 heterocycles. The highest BCUT2D eigenvalue weighted by molar-refractivity contribution is 6.31. The number of halogens is 4. The predicted octanol–water partition coefficient (Wildman–Crippen LogP) is 2.25. The van der Waals surface area contributed by atoms with Gasteiger partial charge in [0.2, 0.25) is 5.96 Å². The summed E-state index contributed by atoms with van der Waals surface area (Å²) in [5.41, 5.74) is 0.478. The van der Waals surface area contributed by atoms with E-state index in [4.69, 9.17) is 26.2 Å². The maximum Gasteiger partial charge on any atom is 0.338 e. The molecule has 2 atom stereocenters. The number of likely N-dealkylation sites (tertiary alicyclic amines) is 1. The van der Waals surface area contributed by atoms with Gasteiger partial charge in [0.15, 0.2) is 0 Å². The Morgan fingerprint density at radius 3 is 2.66 bits per heavy atom. The molecule has 0 aliphatic carbocycles. The van der Waals surface area contributed by atoms with Gasteiger partial charge in [-0.1, -0.05) is 17.7 Å². The molecule has 204 valence electrons. The Labute approximate surface area is 219 Å². The van der Waals surface area contributed by atoms with E-state index in [1.807, 2.05) is 0 Å². The number of hydrogen-bond donors (Lipinski definition) is 2. The molecule has 1 aromatic heterocycles. The van der Waals surface area contributed by atoms with E-state index >= 15 is 0 Å². The van der Waals surface area contributed by atoms with Crippen LogP contribution in [-0.2, 0) is 19.1 Å². The number of nitrogens with one attached hydrogen (secondary N) is 1.